The van der Waals surface area contributed by atoms with Crippen LogP contribution in [0.5, 0.6) is 0 Å². The Bertz CT molecular complexity index is 2260. The van der Waals surface area contributed by atoms with Crippen LogP contribution in [0.3, 0.4) is 0 Å². The predicted molar refractivity (Wildman–Crippen MR) is 260 cm³/mol. The number of hydrogen-bond donors (Lipinski definition) is 2. The molecule has 0 bridgehead atoms. The number of nitrogens with zero attached hydrogens (tertiary/aromatic N) is 1. The Morgan fingerprint density at radius 1 is 0.926 bits per heavy atom. The number of carbonyl (C=O) groups excluding carboxylic acids is 4. The number of ketones is 3. The lowest BCUT2D eigenvalue weighted by Crippen LogP contribution is -2.65. The average molecular weight is 938 g/mol. The molecule has 0 aliphatic heterocycles. The minimum atomic E-state index is -0.845. The van der Waals surface area contributed by atoms with Crippen LogP contribution in [0, 0.1) is 90.7 Å². The highest BCUT2D eigenvalue weighted by molar-refractivity contribution is 6.04. The zero-order chi connectivity index (χ0) is 49.7. The van der Waals surface area contributed by atoms with E-state index in [1.54, 1.807) is 7.11 Å². The van der Waals surface area contributed by atoms with Crippen molar-refractivity contribution in [3.8, 4) is 6.07 Å². The minimum absolute atomic E-state index is 0.0200. The molecule has 374 valence electrons. The number of Topliss-reactive ketones (excluding diaryl/α,β-unsaturated/α-hetero) is 2. The molecule has 4 fully saturated rings. The van der Waals surface area contributed by atoms with Gasteiger partial charge in [0, 0.05) is 66.5 Å². The van der Waals surface area contributed by atoms with Crippen molar-refractivity contribution in [3.63, 3.8) is 0 Å². The standard InChI is InChI=1S/C58H83NO9/c1-33(31-68-35(3)60)39-25-46(63)55(9)28-40-36(32-66-12)16-17-38(40)34(2)49(64)50(47(39)55)67-24-14-13-15-45(62)58-22-20-52(4,5)29-41(58)48-42(61)26-44-54(8)27-37(30-59)51(65)53(6,7)43(54)18-19-56(44,10)57(48,11)21-23-58/h26-28,33-34,36,38,41,43,46,48-50,63-64H,13-25,29,31-32H2,1-12H3/b40-28-/t33-,34-,36-,38+,41+,43+,46+,48+,49-,50-,54+,55+,56-,57-,58+/m1/s1. The van der Waals surface area contributed by atoms with Crippen LogP contribution >= 0.6 is 0 Å². The summed E-state index contributed by atoms with van der Waals surface area (Å²) in [7, 11) is 1.72. The summed E-state index contributed by atoms with van der Waals surface area (Å²) in [5.74, 6) is -0.490. The molecule has 8 aliphatic carbocycles. The molecule has 0 heterocycles. The molecule has 2 N–H and O–H groups in total. The van der Waals surface area contributed by atoms with Crippen molar-refractivity contribution in [2.45, 2.75) is 178 Å². The molecule has 0 amide bonds. The minimum Gasteiger partial charge on any atom is -0.465 e. The summed E-state index contributed by atoms with van der Waals surface area (Å²) in [5, 5.41) is 34.5. The van der Waals surface area contributed by atoms with Crippen LogP contribution in [0.1, 0.15) is 160 Å². The van der Waals surface area contributed by atoms with Crippen molar-refractivity contribution in [3.05, 3.63) is 46.1 Å². The number of allylic oxidation sites excluding steroid dienone is 4. The Morgan fingerprint density at radius 3 is 2.31 bits per heavy atom. The van der Waals surface area contributed by atoms with Crippen LogP contribution < -0.4 is 0 Å². The summed E-state index contributed by atoms with van der Waals surface area (Å²) in [6.45, 7) is 24.0. The molecule has 8 aliphatic rings. The quantitative estimate of drug-likeness (QED) is 0.110. The summed E-state index contributed by atoms with van der Waals surface area (Å²) in [4.78, 5) is 55.8. The van der Waals surface area contributed by atoms with Crippen LogP contribution in [-0.4, -0.2) is 78.8 Å². The molecule has 0 aromatic carbocycles. The third-order valence-electron chi connectivity index (χ3n) is 21.0. The van der Waals surface area contributed by atoms with E-state index in [1.165, 1.54) is 12.5 Å². The van der Waals surface area contributed by atoms with Gasteiger partial charge in [-0.15, -0.1) is 0 Å². The van der Waals surface area contributed by atoms with Gasteiger partial charge in [0.15, 0.2) is 11.6 Å². The number of aliphatic hydroxyl groups excluding tert-OH is 2. The van der Waals surface area contributed by atoms with E-state index >= 15 is 9.59 Å². The van der Waals surface area contributed by atoms with Crippen molar-refractivity contribution < 1.29 is 43.6 Å². The van der Waals surface area contributed by atoms with E-state index in [2.05, 4.69) is 60.6 Å². The second kappa shape index (κ2) is 17.8. The van der Waals surface area contributed by atoms with Crippen LogP contribution in [0.4, 0.5) is 0 Å². The Hall–Kier alpha value is -3.23. The molecule has 68 heavy (non-hydrogen) atoms. The van der Waals surface area contributed by atoms with Crippen LogP contribution in [0.2, 0.25) is 0 Å². The number of unbranched alkanes of at least 4 members (excludes halogenated alkanes) is 1. The maximum atomic E-state index is 15.1. The van der Waals surface area contributed by atoms with Gasteiger partial charge in [0.05, 0.1) is 31.0 Å². The van der Waals surface area contributed by atoms with E-state index in [0.717, 1.165) is 74.5 Å². The Balaban J connectivity index is 1.04. The molecule has 4 saturated carbocycles. The largest absolute Gasteiger partial charge is 0.465 e. The molecule has 0 aromatic rings. The SMILES string of the molecule is COC[C@H]1CC[C@@H]2/C1=C\[C@]1(C)C(=C([C@H](C)COC(C)=O)C[C@@H]1O)[C@@H](OCCCCC(=O)[C@]13CCC(C)(C)C[C@H]1[C@H]1C(=O)C=C4[C@@]5(C)C=C(C#N)C(=O)C(C)(C)[C@@H]5CC[C@@]4(C)[C@]1(C)CC3)[C@H](O)[C@@H]2C. The van der Waals surface area contributed by atoms with Crippen molar-refractivity contribution in [1.82, 2.24) is 0 Å². The Morgan fingerprint density at radius 2 is 1.63 bits per heavy atom. The number of hydrogen-bond acceptors (Lipinski definition) is 10. The molecule has 10 heteroatoms. The third kappa shape index (κ3) is 7.75. The van der Waals surface area contributed by atoms with Gasteiger partial charge in [-0.3, -0.25) is 19.2 Å². The zero-order valence-electron chi connectivity index (χ0n) is 43.5. The highest BCUT2D eigenvalue weighted by atomic mass is 16.5. The number of esters is 1. The monoisotopic (exact) mass is 938 g/mol. The van der Waals surface area contributed by atoms with Crippen LogP contribution in [-0.2, 0) is 33.4 Å². The van der Waals surface area contributed by atoms with Gasteiger partial charge < -0.3 is 24.4 Å². The van der Waals surface area contributed by atoms with Crippen molar-refractivity contribution >= 4 is 23.3 Å². The molecule has 0 saturated heterocycles. The lowest BCUT2D eigenvalue weighted by molar-refractivity contribution is -0.177. The number of nitriles is 1. The molecule has 0 spiro atoms. The molecular formula is C58H83NO9. The van der Waals surface area contributed by atoms with Gasteiger partial charge in [-0.25, -0.2) is 0 Å². The zero-order valence-corrected chi connectivity index (χ0v) is 43.5. The first-order chi connectivity index (χ1) is 31.8. The average Bonchev–Trinajstić information content (AvgIpc) is 3.77. The van der Waals surface area contributed by atoms with E-state index in [-0.39, 0.29) is 87.8 Å². The molecule has 0 radical (unpaired) electrons. The fourth-order valence-electron chi connectivity index (χ4n) is 16.9. The first-order valence-corrected chi connectivity index (χ1v) is 26.3. The lowest BCUT2D eigenvalue weighted by Gasteiger charge is -2.69. The topological polar surface area (TPSA) is 160 Å². The van der Waals surface area contributed by atoms with Crippen molar-refractivity contribution in [1.29, 1.82) is 5.26 Å². The number of carbonyl (C=O) groups is 4. The van der Waals surface area contributed by atoms with Crippen molar-refractivity contribution in [2.75, 3.05) is 26.9 Å². The number of methoxy groups -OCH3 is 1. The Labute approximate surface area is 407 Å². The molecule has 10 nitrogen and oxygen atoms in total. The van der Waals surface area contributed by atoms with E-state index < -0.39 is 45.4 Å². The summed E-state index contributed by atoms with van der Waals surface area (Å²) in [6.07, 6.45) is 13.4. The molecular weight excluding hydrogens is 855 g/mol. The normalized spacial score (nSPS) is 43.6. The second-order valence-electron chi connectivity index (χ2n) is 25.6. The molecule has 0 aromatic heterocycles. The lowest BCUT2D eigenvalue weighted by atomic mass is 9.34. The maximum Gasteiger partial charge on any atom is 0.302 e. The van der Waals surface area contributed by atoms with Gasteiger partial charge >= 0.3 is 5.97 Å². The maximum absolute atomic E-state index is 15.1. The van der Waals surface area contributed by atoms with Gasteiger partial charge in [0.2, 0.25) is 0 Å². The van der Waals surface area contributed by atoms with Crippen LogP contribution in [0.25, 0.3) is 0 Å². The van der Waals surface area contributed by atoms with Gasteiger partial charge in [-0.05, 0) is 136 Å². The number of rotatable bonds is 12. The number of ether oxygens (including phenoxy) is 3. The number of aliphatic hydroxyl groups is 2. The third-order valence-corrected chi connectivity index (χ3v) is 21.0. The van der Waals surface area contributed by atoms with Crippen LogP contribution in [0.15, 0.2) is 46.1 Å². The van der Waals surface area contributed by atoms with E-state index in [9.17, 15) is 25.1 Å². The smallest absolute Gasteiger partial charge is 0.302 e. The fourth-order valence-corrected chi connectivity index (χ4v) is 16.9. The van der Waals surface area contributed by atoms with E-state index in [4.69, 9.17) is 14.2 Å². The summed E-state index contributed by atoms with van der Waals surface area (Å²) in [6, 6.07) is 2.22. The summed E-state index contributed by atoms with van der Waals surface area (Å²) < 4.78 is 18.0. The first kappa shape index (κ1) is 51.1. The van der Waals surface area contributed by atoms with E-state index in [1.807, 2.05) is 32.9 Å². The van der Waals surface area contributed by atoms with Crippen molar-refractivity contribution in [2.24, 2.45) is 79.3 Å². The summed E-state index contributed by atoms with van der Waals surface area (Å²) in [5.41, 5.74) is 0.865. The second-order valence-corrected chi connectivity index (χ2v) is 25.6. The highest BCUT2D eigenvalue weighted by Crippen LogP contribution is 2.75. The first-order valence-electron chi connectivity index (χ1n) is 26.3. The van der Waals surface area contributed by atoms with Gasteiger partial charge in [0.1, 0.15) is 18.0 Å². The number of fused-ring (bicyclic) bond motifs is 9. The van der Waals surface area contributed by atoms with E-state index in [0.29, 0.717) is 38.9 Å². The molecule has 15 atom stereocenters. The summed E-state index contributed by atoms with van der Waals surface area (Å²) >= 11 is 0. The molecule has 8 rings (SSSR count). The fraction of sp³-hybridized carbons (Fsp3) is 0.776. The van der Waals surface area contributed by atoms with Gasteiger partial charge in [-0.1, -0.05) is 91.2 Å². The highest BCUT2D eigenvalue weighted by Gasteiger charge is 2.70. The van der Waals surface area contributed by atoms with Gasteiger partial charge in [0.25, 0.3) is 0 Å². The molecule has 0 unspecified atom stereocenters. The Kier molecular flexibility index (Phi) is 13.4. The predicted octanol–water partition coefficient (Wildman–Crippen LogP) is 10.2. The van der Waals surface area contributed by atoms with Gasteiger partial charge in [-0.2, -0.15) is 5.26 Å².